The first-order chi connectivity index (χ1) is 10.7. The van der Waals surface area contributed by atoms with Crippen molar-refractivity contribution in [1.82, 2.24) is 5.32 Å². The second-order valence-electron chi connectivity index (χ2n) is 7.87. The quantitative estimate of drug-likeness (QED) is 0.674. The summed E-state index contributed by atoms with van der Waals surface area (Å²) in [7, 11) is 0. The van der Waals surface area contributed by atoms with Gasteiger partial charge in [0.2, 0.25) is 0 Å². The Morgan fingerprint density at radius 1 is 1.13 bits per heavy atom. The van der Waals surface area contributed by atoms with E-state index in [2.05, 4.69) is 71.2 Å². The molecular weight excluding hydrogens is 300 g/mol. The largest absolute Gasteiger partial charge is 0.362 e. The summed E-state index contributed by atoms with van der Waals surface area (Å²) in [6, 6.07) is 4.51. The third-order valence-electron chi connectivity index (χ3n) is 4.02. The molecule has 130 valence electrons. The van der Waals surface area contributed by atoms with Gasteiger partial charge < -0.3 is 10.6 Å². The van der Waals surface area contributed by atoms with Crippen LogP contribution >= 0.6 is 12.2 Å². The Bertz CT molecular complexity index is 504. The highest BCUT2D eigenvalue weighted by atomic mass is 32.1. The van der Waals surface area contributed by atoms with Crippen molar-refractivity contribution in [2.45, 2.75) is 67.7 Å². The van der Waals surface area contributed by atoms with Crippen LogP contribution in [0.1, 0.15) is 64.7 Å². The van der Waals surface area contributed by atoms with Crippen LogP contribution in [0.4, 0.5) is 5.69 Å². The molecule has 2 N–H and O–H groups in total. The van der Waals surface area contributed by atoms with Crippen molar-refractivity contribution in [2.24, 2.45) is 11.3 Å². The van der Waals surface area contributed by atoms with E-state index in [1.807, 2.05) is 0 Å². The molecule has 3 heteroatoms. The second kappa shape index (κ2) is 8.68. The molecule has 0 aliphatic heterocycles. The van der Waals surface area contributed by atoms with Crippen LogP contribution in [0.5, 0.6) is 0 Å². The first-order valence-corrected chi connectivity index (χ1v) is 9.24. The summed E-state index contributed by atoms with van der Waals surface area (Å²) < 4.78 is 0. The SMILES string of the molecule is CCc1cc(C)cc(CC)c1NC(=S)NCC(C)CC(C)(C)C. The Kier molecular flexibility index (Phi) is 7.53. The van der Waals surface area contributed by atoms with Gasteiger partial charge in [-0.2, -0.15) is 0 Å². The van der Waals surface area contributed by atoms with Crippen molar-refractivity contribution in [3.8, 4) is 0 Å². The summed E-state index contributed by atoms with van der Waals surface area (Å²) in [6.07, 6.45) is 3.22. The standard InChI is InChI=1S/C20H34N2S/c1-8-16-10-14(3)11-17(9-2)18(16)22-19(23)21-13-15(4)12-20(5,6)7/h10-11,15H,8-9,12-13H2,1-7H3,(H2,21,22,23). The van der Waals surface area contributed by atoms with Gasteiger partial charge in [0.25, 0.3) is 0 Å². The fraction of sp³-hybridized carbons (Fsp3) is 0.650. The van der Waals surface area contributed by atoms with E-state index in [-0.39, 0.29) is 0 Å². The van der Waals surface area contributed by atoms with E-state index < -0.39 is 0 Å². The molecule has 1 atom stereocenters. The molecule has 2 nitrogen and oxygen atoms in total. The van der Waals surface area contributed by atoms with Crippen LogP contribution in [0.15, 0.2) is 12.1 Å². The zero-order valence-corrected chi connectivity index (χ0v) is 16.8. The summed E-state index contributed by atoms with van der Waals surface area (Å²) in [5, 5.41) is 7.57. The number of rotatable bonds is 6. The molecule has 0 bridgehead atoms. The summed E-state index contributed by atoms with van der Waals surface area (Å²) in [6.45, 7) is 16.6. The summed E-state index contributed by atoms with van der Waals surface area (Å²) in [4.78, 5) is 0. The second-order valence-corrected chi connectivity index (χ2v) is 8.28. The van der Waals surface area contributed by atoms with Gasteiger partial charge in [0.1, 0.15) is 0 Å². The van der Waals surface area contributed by atoms with Crippen LogP contribution in [0.25, 0.3) is 0 Å². The van der Waals surface area contributed by atoms with Crippen LogP contribution < -0.4 is 10.6 Å². The summed E-state index contributed by atoms with van der Waals surface area (Å²) in [5.41, 5.74) is 5.56. The molecule has 0 heterocycles. The molecule has 1 unspecified atom stereocenters. The van der Waals surface area contributed by atoms with E-state index in [0.717, 1.165) is 24.5 Å². The van der Waals surface area contributed by atoms with Crippen LogP contribution in [-0.2, 0) is 12.8 Å². The first-order valence-electron chi connectivity index (χ1n) is 8.83. The van der Waals surface area contributed by atoms with Crippen molar-refractivity contribution < 1.29 is 0 Å². The smallest absolute Gasteiger partial charge is 0.170 e. The molecule has 0 aliphatic carbocycles. The third kappa shape index (κ3) is 6.90. The summed E-state index contributed by atoms with van der Waals surface area (Å²) in [5.74, 6) is 0.601. The normalized spacial score (nSPS) is 12.8. The average molecular weight is 335 g/mol. The molecule has 1 rings (SSSR count). The lowest BCUT2D eigenvalue weighted by Gasteiger charge is -2.24. The number of anilines is 1. The predicted octanol–water partition coefficient (Wildman–Crippen LogP) is 5.48. The molecule has 0 saturated heterocycles. The molecule has 1 aromatic rings. The number of benzene rings is 1. The minimum absolute atomic E-state index is 0.359. The van der Waals surface area contributed by atoms with Gasteiger partial charge in [-0.05, 0) is 60.9 Å². The Labute approximate surface area is 148 Å². The Morgan fingerprint density at radius 3 is 2.09 bits per heavy atom. The molecule has 0 aliphatic rings. The minimum atomic E-state index is 0.359. The van der Waals surface area contributed by atoms with E-state index in [0.29, 0.717) is 11.3 Å². The van der Waals surface area contributed by atoms with Crippen LogP contribution in [0.3, 0.4) is 0 Å². The zero-order valence-electron chi connectivity index (χ0n) is 16.0. The van der Waals surface area contributed by atoms with Gasteiger partial charge in [0.15, 0.2) is 5.11 Å². The minimum Gasteiger partial charge on any atom is -0.362 e. The molecule has 0 radical (unpaired) electrons. The fourth-order valence-corrected chi connectivity index (χ4v) is 3.39. The lowest BCUT2D eigenvalue weighted by molar-refractivity contribution is 0.307. The molecule has 0 amide bonds. The van der Waals surface area contributed by atoms with Gasteiger partial charge in [-0.1, -0.05) is 59.2 Å². The van der Waals surface area contributed by atoms with Crippen molar-refractivity contribution in [3.05, 3.63) is 28.8 Å². The predicted molar refractivity (Wildman–Crippen MR) is 107 cm³/mol. The molecule has 0 spiro atoms. The number of hydrogen-bond acceptors (Lipinski definition) is 1. The van der Waals surface area contributed by atoms with Crippen molar-refractivity contribution in [3.63, 3.8) is 0 Å². The fourth-order valence-electron chi connectivity index (χ4n) is 3.20. The van der Waals surface area contributed by atoms with E-state index in [4.69, 9.17) is 12.2 Å². The summed E-state index contributed by atoms with van der Waals surface area (Å²) >= 11 is 5.52. The van der Waals surface area contributed by atoms with Crippen molar-refractivity contribution in [2.75, 3.05) is 11.9 Å². The number of aryl methyl sites for hydroxylation is 3. The maximum Gasteiger partial charge on any atom is 0.170 e. The highest BCUT2D eigenvalue weighted by molar-refractivity contribution is 7.80. The van der Waals surface area contributed by atoms with Crippen LogP contribution in [0, 0.1) is 18.3 Å². The van der Waals surface area contributed by atoms with Gasteiger partial charge in [0, 0.05) is 12.2 Å². The monoisotopic (exact) mass is 334 g/mol. The zero-order chi connectivity index (χ0) is 17.6. The van der Waals surface area contributed by atoms with Crippen molar-refractivity contribution >= 4 is 23.0 Å². The van der Waals surface area contributed by atoms with E-state index in [1.54, 1.807) is 0 Å². The number of thiocarbonyl (C=S) groups is 1. The molecule has 23 heavy (non-hydrogen) atoms. The lowest BCUT2D eigenvalue weighted by Crippen LogP contribution is -2.33. The van der Waals surface area contributed by atoms with E-state index in [9.17, 15) is 0 Å². The van der Waals surface area contributed by atoms with E-state index >= 15 is 0 Å². The Balaban J connectivity index is 2.71. The molecular formula is C20H34N2S. The number of nitrogens with one attached hydrogen (secondary N) is 2. The van der Waals surface area contributed by atoms with Gasteiger partial charge in [-0.3, -0.25) is 0 Å². The van der Waals surface area contributed by atoms with E-state index in [1.165, 1.54) is 28.8 Å². The average Bonchev–Trinajstić information content (AvgIpc) is 2.44. The molecule has 0 aromatic heterocycles. The van der Waals surface area contributed by atoms with Gasteiger partial charge in [0.05, 0.1) is 0 Å². The molecule has 1 aromatic carbocycles. The third-order valence-corrected chi connectivity index (χ3v) is 4.26. The van der Waals surface area contributed by atoms with Gasteiger partial charge >= 0.3 is 0 Å². The first kappa shape index (κ1) is 20.0. The highest BCUT2D eigenvalue weighted by Gasteiger charge is 2.15. The van der Waals surface area contributed by atoms with Crippen molar-refractivity contribution in [1.29, 1.82) is 0 Å². The maximum atomic E-state index is 5.52. The van der Waals surface area contributed by atoms with Crippen LogP contribution in [-0.4, -0.2) is 11.7 Å². The topological polar surface area (TPSA) is 24.1 Å². The highest BCUT2D eigenvalue weighted by Crippen LogP contribution is 2.25. The van der Waals surface area contributed by atoms with Crippen LogP contribution in [0.2, 0.25) is 0 Å². The molecule has 0 fully saturated rings. The Morgan fingerprint density at radius 2 is 1.65 bits per heavy atom. The lowest BCUT2D eigenvalue weighted by atomic mass is 9.85. The van der Waals surface area contributed by atoms with Gasteiger partial charge in [-0.25, -0.2) is 0 Å². The molecule has 0 saturated carbocycles. The Hall–Kier alpha value is -1.09. The maximum absolute atomic E-state index is 5.52. The van der Waals surface area contributed by atoms with Gasteiger partial charge in [-0.15, -0.1) is 0 Å². The number of hydrogen-bond donors (Lipinski definition) is 2.